The van der Waals surface area contributed by atoms with Crippen molar-refractivity contribution in [2.24, 2.45) is 0 Å². The van der Waals surface area contributed by atoms with E-state index in [-0.39, 0.29) is 0 Å². The van der Waals surface area contributed by atoms with Crippen molar-refractivity contribution in [3.63, 3.8) is 0 Å². The number of hydrogen-bond donors (Lipinski definition) is 0. The molecule has 0 aliphatic rings. The maximum Gasteiger partial charge on any atom is -0.0105 e. The SMILES string of the molecule is CCCC(CCC)c1cccc(-c2ccccc2-c2cccc(-c3ccccc3)c2)c1. The lowest BCUT2D eigenvalue weighted by Crippen LogP contribution is -1.98. The van der Waals surface area contributed by atoms with Gasteiger partial charge in [-0.1, -0.05) is 124 Å². The first kappa shape index (κ1) is 21.1. The third-order valence-corrected chi connectivity index (χ3v) is 6.15. The molecule has 0 spiro atoms. The van der Waals surface area contributed by atoms with Crippen molar-refractivity contribution < 1.29 is 0 Å². The van der Waals surface area contributed by atoms with Gasteiger partial charge in [-0.3, -0.25) is 0 Å². The van der Waals surface area contributed by atoms with E-state index >= 15 is 0 Å². The lowest BCUT2D eigenvalue weighted by atomic mass is 9.87. The lowest BCUT2D eigenvalue weighted by Gasteiger charge is -2.18. The molecule has 0 aliphatic carbocycles. The first-order valence-electron chi connectivity index (χ1n) is 11.7. The first-order chi connectivity index (χ1) is 15.3. The van der Waals surface area contributed by atoms with Crippen LogP contribution in [0.5, 0.6) is 0 Å². The van der Waals surface area contributed by atoms with Gasteiger partial charge in [0.15, 0.2) is 0 Å². The van der Waals surface area contributed by atoms with E-state index in [0.717, 1.165) is 0 Å². The summed E-state index contributed by atoms with van der Waals surface area (Å²) in [4.78, 5) is 0. The molecule has 0 aliphatic heterocycles. The molecule has 0 unspecified atom stereocenters. The Bertz CT molecular complexity index is 1100. The molecule has 0 bridgehead atoms. The summed E-state index contributed by atoms with van der Waals surface area (Å²) in [5.74, 6) is 0.656. The highest BCUT2D eigenvalue weighted by Crippen LogP contribution is 2.36. The fraction of sp³-hybridized carbons (Fsp3) is 0.226. The van der Waals surface area contributed by atoms with Crippen LogP contribution >= 0.6 is 0 Å². The second kappa shape index (κ2) is 10.3. The van der Waals surface area contributed by atoms with Crippen molar-refractivity contribution >= 4 is 0 Å². The first-order valence-corrected chi connectivity index (χ1v) is 11.7. The van der Waals surface area contributed by atoms with Crippen molar-refractivity contribution in [1.29, 1.82) is 0 Å². The molecular weight excluding hydrogens is 372 g/mol. The standard InChI is InChI=1S/C31H32/c1-3-12-24(13-4-2)26-16-10-18-28(22-26)30-20-8-9-21-31(30)29-19-11-17-27(23-29)25-14-6-5-7-15-25/h5-11,14-24H,3-4,12-13H2,1-2H3. The van der Waals surface area contributed by atoms with Gasteiger partial charge in [-0.25, -0.2) is 0 Å². The maximum absolute atomic E-state index is 2.43. The van der Waals surface area contributed by atoms with E-state index in [1.165, 1.54) is 64.6 Å². The van der Waals surface area contributed by atoms with E-state index in [1.54, 1.807) is 0 Å². The average Bonchev–Trinajstić information content (AvgIpc) is 2.85. The van der Waals surface area contributed by atoms with Crippen LogP contribution in [0.4, 0.5) is 0 Å². The minimum absolute atomic E-state index is 0.656. The minimum Gasteiger partial charge on any atom is -0.0654 e. The van der Waals surface area contributed by atoms with Gasteiger partial charge in [0.25, 0.3) is 0 Å². The Labute approximate surface area is 187 Å². The summed E-state index contributed by atoms with van der Waals surface area (Å²) in [5, 5.41) is 0. The number of rotatable bonds is 8. The summed E-state index contributed by atoms with van der Waals surface area (Å²) in [6.45, 7) is 4.59. The van der Waals surface area contributed by atoms with Crippen molar-refractivity contribution in [1.82, 2.24) is 0 Å². The summed E-state index contributed by atoms with van der Waals surface area (Å²) < 4.78 is 0. The second-order valence-electron chi connectivity index (χ2n) is 8.39. The quantitative estimate of drug-likeness (QED) is 0.274. The number of benzene rings is 4. The van der Waals surface area contributed by atoms with Crippen molar-refractivity contribution in [2.45, 2.75) is 45.4 Å². The third kappa shape index (κ3) is 4.97. The van der Waals surface area contributed by atoms with Crippen LogP contribution in [0.3, 0.4) is 0 Å². The molecule has 0 fully saturated rings. The van der Waals surface area contributed by atoms with Gasteiger partial charge < -0.3 is 0 Å². The second-order valence-corrected chi connectivity index (χ2v) is 8.39. The Morgan fingerprint density at radius 2 is 1.00 bits per heavy atom. The van der Waals surface area contributed by atoms with Gasteiger partial charge in [0, 0.05) is 0 Å². The van der Waals surface area contributed by atoms with Gasteiger partial charge in [0.05, 0.1) is 0 Å². The van der Waals surface area contributed by atoms with Crippen LogP contribution in [0.15, 0.2) is 103 Å². The smallest absolute Gasteiger partial charge is 0.0105 e. The van der Waals surface area contributed by atoms with E-state index in [0.29, 0.717) is 5.92 Å². The molecule has 0 radical (unpaired) electrons. The van der Waals surface area contributed by atoms with E-state index in [4.69, 9.17) is 0 Å². The summed E-state index contributed by atoms with van der Waals surface area (Å²) in [7, 11) is 0. The Kier molecular flexibility index (Phi) is 6.99. The molecule has 156 valence electrons. The molecule has 0 saturated heterocycles. The van der Waals surface area contributed by atoms with Crippen LogP contribution in [-0.4, -0.2) is 0 Å². The van der Waals surface area contributed by atoms with Crippen LogP contribution in [0.2, 0.25) is 0 Å². The van der Waals surface area contributed by atoms with Gasteiger partial charge in [-0.15, -0.1) is 0 Å². The largest absolute Gasteiger partial charge is 0.0654 e. The molecule has 0 heterocycles. The maximum atomic E-state index is 2.43. The van der Waals surface area contributed by atoms with Crippen molar-refractivity contribution in [3.05, 3.63) is 109 Å². The molecule has 0 atom stereocenters. The average molecular weight is 405 g/mol. The monoisotopic (exact) mass is 404 g/mol. The summed E-state index contributed by atoms with van der Waals surface area (Å²) in [6.07, 6.45) is 4.99. The molecular formula is C31H32. The van der Waals surface area contributed by atoms with Crippen LogP contribution < -0.4 is 0 Å². The summed E-state index contributed by atoms with van der Waals surface area (Å²) >= 11 is 0. The van der Waals surface area contributed by atoms with Gasteiger partial charge >= 0.3 is 0 Å². The van der Waals surface area contributed by atoms with E-state index in [2.05, 4.69) is 117 Å². The Morgan fingerprint density at radius 1 is 0.484 bits per heavy atom. The fourth-order valence-corrected chi connectivity index (χ4v) is 4.62. The lowest BCUT2D eigenvalue weighted by molar-refractivity contribution is 0.561. The zero-order chi connectivity index (χ0) is 21.5. The normalized spacial score (nSPS) is 11.1. The predicted octanol–water partition coefficient (Wildman–Crippen LogP) is 9.37. The summed E-state index contributed by atoms with van der Waals surface area (Å²) in [6, 6.07) is 37.6. The highest BCUT2D eigenvalue weighted by atomic mass is 14.2. The molecule has 4 aromatic carbocycles. The molecule has 4 aromatic rings. The van der Waals surface area contributed by atoms with Crippen LogP contribution in [-0.2, 0) is 0 Å². The molecule has 31 heavy (non-hydrogen) atoms. The van der Waals surface area contributed by atoms with E-state index in [9.17, 15) is 0 Å². The molecule has 0 aromatic heterocycles. The predicted molar refractivity (Wildman–Crippen MR) is 135 cm³/mol. The zero-order valence-electron chi connectivity index (χ0n) is 18.7. The van der Waals surface area contributed by atoms with Gasteiger partial charge in [0.1, 0.15) is 0 Å². The molecule has 0 N–H and O–H groups in total. The minimum atomic E-state index is 0.656. The van der Waals surface area contributed by atoms with Crippen molar-refractivity contribution in [3.8, 4) is 33.4 Å². The Morgan fingerprint density at radius 3 is 1.65 bits per heavy atom. The Balaban J connectivity index is 1.75. The van der Waals surface area contributed by atoms with E-state index < -0.39 is 0 Å². The van der Waals surface area contributed by atoms with Crippen LogP contribution in [0.1, 0.15) is 51.0 Å². The van der Waals surface area contributed by atoms with Gasteiger partial charge in [0.2, 0.25) is 0 Å². The highest BCUT2D eigenvalue weighted by Gasteiger charge is 2.13. The Hall–Kier alpha value is -3.12. The highest BCUT2D eigenvalue weighted by molar-refractivity contribution is 5.85. The van der Waals surface area contributed by atoms with Gasteiger partial charge in [-0.05, 0) is 63.8 Å². The topological polar surface area (TPSA) is 0 Å². The van der Waals surface area contributed by atoms with Crippen LogP contribution in [0.25, 0.3) is 33.4 Å². The van der Waals surface area contributed by atoms with Gasteiger partial charge in [-0.2, -0.15) is 0 Å². The molecule has 0 nitrogen and oxygen atoms in total. The third-order valence-electron chi connectivity index (χ3n) is 6.15. The summed E-state index contributed by atoms with van der Waals surface area (Å²) in [5.41, 5.74) is 9.17. The van der Waals surface area contributed by atoms with Crippen LogP contribution in [0, 0.1) is 0 Å². The molecule has 0 amide bonds. The fourth-order valence-electron chi connectivity index (χ4n) is 4.62. The molecule has 0 saturated carbocycles. The number of hydrogen-bond acceptors (Lipinski definition) is 0. The van der Waals surface area contributed by atoms with Crippen molar-refractivity contribution in [2.75, 3.05) is 0 Å². The zero-order valence-corrected chi connectivity index (χ0v) is 18.7. The van der Waals surface area contributed by atoms with E-state index in [1.807, 2.05) is 0 Å². The molecule has 4 rings (SSSR count). The molecule has 0 heteroatoms.